The number of hydrogen-bond donors (Lipinski definition) is 0. The van der Waals surface area contributed by atoms with Crippen LogP contribution in [0.15, 0.2) is 95.8 Å². The molecule has 4 saturated carbocycles. The monoisotopic (exact) mass is 835 g/mol. The van der Waals surface area contributed by atoms with Gasteiger partial charge < -0.3 is 8.96 Å². The molecule has 8 heteroatoms. The number of rotatable bonds is 0. The predicted molar refractivity (Wildman–Crippen MR) is 263 cm³/mol. The number of aromatic nitrogens is 5. The van der Waals surface area contributed by atoms with Gasteiger partial charge in [0.1, 0.15) is 11.3 Å². The summed E-state index contributed by atoms with van der Waals surface area (Å²) in [5.74, 6) is 4.88. The third-order valence-corrected chi connectivity index (χ3v) is 20.4. The van der Waals surface area contributed by atoms with Crippen LogP contribution in [0, 0.1) is 23.7 Å². The van der Waals surface area contributed by atoms with Crippen LogP contribution >= 0.6 is 0 Å². The SMILES string of the molecule is O=c1n2c3c(c4c2n2c5c(c6c(n15)C1CC5CC(CC6C5)C1)B1c5c(cc6c(c5-2)B4n2c4ccccc4c4cccc-6c42)-c2cccc4c5ccccc5n1c24)C1CC2CC(C1)CC3C2. The number of fused-ring (bicyclic) bond motifs is 12. The Balaban J connectivity index is 1.09. The van der Waals surface area contributed by atoms with Gasteiger partial charge in [-0.2, -0.15) is 0 Å². The highest BCUT2D eigenvalue weighted by molar-refractivity contribution is 6.94. The first-order valence-corrected chi connectivity index (χ1v) is 25.3. The van der Waals surface area contributed by atoms with Crippen LogP contribution in [-0.2, 0) is 0 Å². The van der Waals surface area contributed by atoms with E-state index in [1.165, 1.54) is 180 Å². The molecule has 0 amide bonds. The Kier molecular flexibility index (Phi) is 5.07. The maximum absolute atomic E-state index is 16.8. The first-order chi connectivity index (χ1) is 32.2. The molecule has 0 N–H and O–H groups in total. The van der Waals surface area contributed by atoms with Crippen LogP contribution in [0.25, 0.3) is 82.8 Å². The molecule has 12 aliphatic rings. The number of para-hydroxylation sites is 4. The molecule has 6 nitrogen and oxygen atoms in total. The zero-order valence-electron chi connectivity index (χ0n) is 36.1. The van der Waals surface area contributed by atoms with Crippen molar-refractivity contribution in [3.63, 3.8) is 0 Å². The molecule has 8 aliphatic carbocycles. The van der Waals surface area contributed by atoms with Gasteiger partial charge in [0, 0.05) is 83.6 Å². The molecule has 4 unspecified atom stereocenters. The molecular weight excluding hydrogens is 792 g/mol. The van der Waals surface area contributed by atoms with Gasteiger partial charge in [0.2, 0.25) is 0 Å². The van der Waals surface area contributed by atoms with Crippen LogP contribution in [0.4, 0.5) is 0 Å². The maximum Gasteiger partial charge on any atom is 0.340 e. The Labute approximate surface area is 374 Å². The van der Waals surface area contributed by atoms with E-state index in [-0.39, 0.29) is 19.4 Å². The summed E-state index contributed by atoms with van der Waals surface area (Å²) in [4.78, 5) is 16.8. The van der Waals surface area contributed by atoms with Crippen molar-refractivity contribution in [3.8, 4) is 27.9 Å². The molecule has 4 atom stereocenters. The van der Waals surface area contributed by atoms with Crippen LogP contribution in [0.2, 0.25) is 0 Å². The highest BCUT2D eigenvalue weighted by atomic mass is 16.1. The largest absolute Gasteiger partial charge is 0.375 e. The molecular formula is C57H43B2N5O. The van der Waals surface area contributed by atoms with Gasteiger partial charge in [0.25, 0.3) is 0 Å². The highest BCUT2D eigenvalue weighted by Gasteiger charge is 2.57. The summed E-state index contributed by atoms with van der Waals surface area (Å²) in [5.41, 5.74) is 26.8. The molecule has 0 saturated heterocycles. The van der Waals surface area contributed by atoms with Crippen LogP contribution in [0.1, 0.15) is 110 Å². The summed E-state index contributed by atoms with van der Waals surface area (Å²) in [6, 6.07) is 35.5. The first kappa shape index (κ1) is 32.5. The van der Waals surface area contributed by atoms with E-state index in [0.29, 0.717) is 23.7 Å². The maximum atomic E-state index is 16.8. The molecule has 4 fully saturated rings. The topological polar surface area (TPSA) is 40.7 Å². The average molecular weight is 836 g/mol. The van der Waals surface area contributed by atoms with Gasteiger partial charge in [-0.25, -0.2) is 4.79 Å². The Morgan fingerprint density at radius 3 is 1.34 bits per heavy atom. The van der Waals surface area contributed by atoms with Crippen molar-refractivity contribution in [1.29, 1.82) is 0 Å². The molecule has 65 heavy (non-hydrogen) atoms. The van der Waals surface area contributed by atoms with Crippen molar-refractivity contribution >= 4 is 90.5 Å². The highest BCUT2D eigenvalue weighted by Crippen LogP contribution is 2.60. The number of benzene rings is 5. The minimum atomic E-state index is -0.0287. The summed E-state index contributed by atoms with van der Waals surface area (Å²) in [5, 5.41) is 5.36. The molecule has 5 aromatic carbocycles. The van der Waals surface area contributed by atoms with Gasteiger partial charge in [0.15, 0.2) is 0 Å². The fourth-order valence-electron chi connectivity index (χ4n) is 19.1. The number of nitrogens with zero attached hydrogens (tertiary/aromatic N) is 5. The summed E-state index contributed by atoms with van der Waals surface area (Å²) in [6.45, 7) is -0.0575. The van der Waals surface area contributed by atoms with Crippen molar-refractivity contribution < 1.29 is 0 Å². The van der Waals surface area contributed by atoms with Gasteiger partial charge in [-0.1, -0.05) is 72.8 Å². The van der Waals surface area contributed by atoms with E-state index in [0.717, 1.165) is 23.7 Å². The molecule has 308 valence electrons. The molecule has 9 heterocycles. The van der Waals surface area contributed by atoms with E-state index in [1.54, 1.807) is 11.1 Å². The molecule has 4 aliphatic heterocycles. The van der Waals surface area contributed by atoms with Crippen molar-refractivity contribution in [1.82, 2.24) is 22.3 Å². The zero-order chi connectivity index (χ0) is 41.2. The van der Waals surface area contributed by atoms with E-state index in [4.69, 9.17) is 0 Å². The summed E-state index contributed by atoms with van der Waals surface area (Å²) >= 11 is 0. The van der Waals surface area contributed by atoms with Gasteiger partial charge in [0.05, 0.1) is 0 Å². The lowest BCUT2D eigenvalue weighted by Gasteiger charge is -2.43. The van der Waals surface area contributed by atoms with Gasteiger partial charge in [-0.15, -0.1) is 0 Å². The van der Waals surface area contributed by atoms with Crippen LogP contribution in [0.3, 0.4) is 0 Å². The Bertz CT molecular complexity index is 3870. The van der Waals surface area contributed by atoms with Crippen molar-refractivity contribution in [2.24, 2.45) is 23.7 Å². The minimum Gasteiger partial charge on any atom is -0.375 e. The van der Waals surface area contributed by atoms with E-state index in [1.807, 2.05) is 0 Å². The third-order valence-electron chi connectivity index (χ3n) is 20.4. The Morgan fingerprint density at radius 1 is 0.431 bits per heavy atom. The van der Waals surface area contributed by atoms with Gasteiger partial charge >= 0.3 is 19.4 Å². The van der Waals surface area contributed by atoms with Crippen molar-refractivity contribution in [3.05, 3.63) is 124 Å². The molecule has 8 bridgehead atoms. The van der Waals surface area contributed by atoms with Gasteiger partial charge in [-0.3, -0.25) is 13.4 Å². The van der Waals surface area contributed by atoms with E-state index >= 15 is 4.79 Å². The normalized spacial score (nSPS) is 28.0. The predicted octanol–water partition coefficient (Wildman–Crippen LogP) is 9.24. The molecule has 0 spiro atoms. The molecule has 5 aromatic heterocycles. The summed E-state index contributed by atoms with van der Waals surface area (Å²) < 4.78 is 13.3. The lowest BCUT2D eigenvalue weighted by molar-refractivity contribution is 0.164. The zero-order valence-corrected chi connectivity index (χ0v) is 36.1. The fourth-order valence-corrected chi connectivity index (χ4v) is 19.1. The van der Waals surface area contributed by atoms with Gasteiger partial charge in [-0.05, 0) is 162 Å². The van der Waals surface area contributed by atoms with Crippen LogP contribution < -0.4 is 27.5 Å². The van der Waals surface area contributed by atoms with Crippen LogP contribution in [-0.4, -0.2) is 36.0 Å². The van der Waals surface area contributed by atoms with E-state index < -0.39 is 0 Å². The van der Waals surface area contributed by atoms with Crippen molar-refractivity contribution in [2.75, 3.05) is 0 Å². The Morgan fingerprint density at radius 2 is 0.862 bits per heavy atom. The van der Waals surface area contributed by atoms with E-state index in [9.17, 15) is 0 Å². The quantitative estimate of drug-likeness (QED) is 0.141. The smallest absolute Gasteiger partial charge is 0.340 e. The standard InChI is InChI=1S/C57H43B2N5O/c65-57-61-50-32-21-26-15-27(22-32)18-30(17-26)44(50)48-55(61)60-54-46-40(38-11-5-9-36-34-7-1-3-13-42(34)63(52(36)38)58(46)48)25-41-39-12-6-10-37-35-8-2-4-14-43(35)64(53(37)39)59(47(41)54)49-45-31-19-28-16-29(20-31)24-33(23-28)51(45)62(57)56(49)60/h1-14,25-33H,15-24H2. The second-order valence-corrected chi connectivity index (χ2v) is 23.1. The van der Waals surface area contributed by atoms with E-state index in [2.05, 4.69) is 113 Å². The number of hydrogen-bond acceptors (Lipinski definition) is 1. The third kappa shape index (κ3) is 3.25. The molecule has 22 rings (SSSR count). The lowest BCUT2D eigenvalue weighted by Crippen LogP contribution is -2.64. The second-order valence-electron chi connectivity index (χ2n) is 23.1. The average Bonchev–Trinajstić information content (AvgIpc) is 4.01. The second kappa shape index (κ2) is 10.1. The van der Waals surface area contributed by atoms with Crippen LogP contribution in [0.5, 0.6) is 0 Å². The molecule has 10 aromatic rings. The Hall–Kier alpha value is -6.14. The molecule has 0 radical (unpaired) electrons. The van der Waals surface area contributed by atoms with Crippen molar-refractivity contribution in [2.45, 2.75) is 87.9 Å². The summed E-state index contributed by atoms with van der Waals surface area (Å²) in [7, 11) is 0. The summed E-state index contributed by atoms with van der Waals surface area (Å²) in [6.07, 6.45) is 12.8. The lowest BCUT2D eigenvalue weighted by atomic mass is 9.39. The minimum absolute atomic E-state index is 0.0287. The first-order valence-electron chi connectivity index (χ1n) is 25.3. The fraction of sp³-hybridized carbons (Fsp3) is 0.316.